The van der Waals surface area contributed by atoms with Crippen molar-refractivity contribution in [1.82, 2.24) is 10.6 Å². The summed E-state index contributed by atoms with van der Waals surface area (Å²) in [6, 6.07) is 5.89. The minimum Gasteiger partial charge on any atom is -0.484 e. The molecule has 1 aliphatic rings. The lowest BCUT2D eigenvalue weighted by Crippen LogP contribution is -2.37. The molecule has 0 aliphatic heterocycles. The van der Waals surface area contributed by atoms with E-state index in [4.69, 9.17) is 4.74 Å². The standard InChI is InChI=1S/C18H26N2O3/c1-12(2)16-7-6-15(10-13(16)3)23-11-17(21)19-8-9-20-18(22)14-4-5-14/h6-7,10,12,14H,4-5,8-9,11H2,1-3H3,(H,19,21)(H,20,22). The van der Waals surface area contributed by atoms with E-state index in [1.165, 1.54) is 11.1 Å². The number of benzene rings is 1. The highest BCUT2D eigenvalue weighted by atomic mass is 16.5. The number of aryl methyl sites for hydroxylation is 1. The van der Waals surface area contributed by atoms with Gasteiger partial charge in [0.25, 0.3) is 5.91 Å². The van der Waals surface area contributed by atoms with Crippen LogP contribution in [0.5, 0.6) is 5.75 Å². The molecule has 0 heterocycles. The van der Waals surface area contributed by atoms with Crippen molar-refractivity contribution in [2.24, 2.45) is 5.92 Å². The molecule has 2 amide bonds. The summed E-state index contributed by atoms with van der Waals surface area (Å²) in [5, 5.41) is 5.54. The zero-order valence-corrected chi connectivity index (χ0v) is 14.1. The van der Waals surface area contributed by atoms with Crippen LogP contribution in [-0.4, -0.2) is 31.5 Å². The Morgan fingerprint density at radius 2 is 1.91 bits per heavy atom. The van der Waals surface area contributed by atoms with Crippen molar-refractivity contribution in [2.75, 3.05) is 19.7 Å². The minimum atomic E-state index is -0.184. The van der Waals surface area contributed by atoms with Gasteiger partial charge in [-0.15, -0.1) is 0 Å². The van der Waals surface area contributed by atoms with E-state index in [9.17, 15) is 9.59 Å². The number of hydrogen-bond acceptors (Lipinski definition) is 3. The van der Waals surface area contributed by atoms with Crippen LogP contribution in [0.2, 0.25) is 0 Å². The van der Waals surface area contributed by atoms with Gasteiger partial charge in [-0.05, 0) is 48.9 Å². The highest BCUT2D eigenvalue weighted by molar-refractivity contribution is 5.81. The van der Waals surface area contributed by atoms with E-state index in [2.05, 4.69) is 24.5 Å². The molecule has 5 nitrogen and oxygen atoms in total. The van der Waals surface area contributed by atoms with Crippen LogP contribution in [0, 0.1) is 12.8 Å². The van der Waals surface area contributed by atoms with Crippen molar-refractivity contribution >= 4 is 11.8 Å². The quantitative estimate of drug-likeness (QED) is 0.722. The number of carbonyl (C=O) groups is 2. The average molecular weight is 318 g/mol. The first-order valence-corrected chi connectivity index (χ1v) is 8.25. The Morgan fingerprint density at radius 1 is 1.22 bits per heavy atom. The fourth-order valence-corrected chi connectivity index (χ4v) is 2.46. The lowest BCUT2D eigenvalue weighted by molar-refractivity contribution is -0.124. The van der Waals surface area contributed by atoms with Gasteiger partial charge in [0, 0.05) is 19.0 Å². The maximum Gasteiger partial charge on any atom is 0.258 e. The zero-order valence-electron chi connectivity index (χ0n) is 14.1. The molecule has 0 radical (unpaired) electrons. The number of rotatable bonds is 8. The Kier molecular flexibility index (Phi) is 6.02. The van der Waals surface area contributed by atoms with Gasteiger partial charge in [0.1, 0.15) is 5.75 Å². The van der Waals surface area contributed by atoms with Crippen LogP contribution >= 0.6 is 0 Å². The molecule has 0 saturated heterocycles. The number of hydrogen-bond donors (Lipinski definition) is 2. The largest absolute Gasteiger partial charge is 0.484 e. The third-order valence-corrected chi connectivity index (χ3v) is 3.93. The second kappa shape index (κ2) is 7.99. The van der Waals surface area contributed by atoms with Gasteiger partial charge in [0.05, 0.1) is 0 Å². The van der Waals surface area contributed by atoms with Gasteiger partial charge >= 0.3 is 0 Å². The van der Waals surface area contributed by atoms with Gasteiger partial charge in [0.2, 0.25) is 5.91 Å². The van der Waals surface area contributed by atoms with E-state index >= 15 is 0 Å². The maximum atomic E-state index is 11.7. The molecule has 2 N–H and O–H groups in total. The van der Waals surface area contributed by atoms with Crippen molar-refractivity contribution in [3.05, 3.63) is 29.3 Å². The Balaban J connectivity index is 1.65. The molecule has 1 aromatic carbocycles. The number of nitrogens with one attached hydrogen (secondary N) is 2. The first-order chi connectivity index (χ1) is 11.0. The van der Waals surface area contributed by atoms with Gasteiger partial charge in [-0.25, -0.2) is 0 Å². The fourth-order valence-electron chi connectivity index (χ4n) is 2.46. The van der Waals surface area contributed by atoms with Gasteiger partial charge < -0.3 is 15.4 Å². The molecule has 1 aromatic rings. The van der Waals surface area contributed by atoms with E-state index < -0.39 is 0 Å². The van der Waals surface area contributed by atoms with E-state index in [0.29, 0.717) is 24.8 Å². The Hall–Kier alpha value is -2.04. The summed E-state index contributed by atoms with van der Waals surface area (Å²) >= 11 is 0. The topological polar surface area (TPSA) is 67.4 Å². The molecule has 0 unspecified atom stereocenters. The lowest BCUT2D eigenvalue weighted by atomic mass is 9.98. The Bertz CT molecular complexity index is 565. The average Bonchev–Trinajstić information content (AvgIpc) is 3.33. The minimum absolute atomic E-state index is 0.0168. The summed E-state index contributed by atoms with van der Waals surface area (Å²) in [6.45, 7) is 7.22. The smallest absolute Gasteiger partial charge is 0.258 e. The summed E-state index contributed by atoms with van der Waals surface area (Å²) < 4.78 is 5.51. The molecular weight excluding hydrogens is 292 g/mol. The van der Waals surface area contributed by atoms with Crippen molar-refractivity contribution in [3.8, 4) is 5.75 Å². The second-order valence-corrected chi connectivity index (χ2v) is 6.38. The summed E-state index contributed by atoms with van der Waals surface area (Å²) in [5.74, 6) is 1.28. The third-order valence-electron chi connectivity index (χ3n) is 3.93. The Labute approximate surface area is 137 Å². The molecule has 0 bridgehead atoms. The highest BCUT2D eigenvalue weighted by Crippen LogP contribution is 2.28. The van der Waals surface area contributed by atoms with E-state index in [1.807, 2.05) is 25.1 Å². The van der Waals surface area contributed by atoms with Crippen LogP contribution in [-0.2, 0) is 9.59 Å². The molecule has 1 fully saturated rings. The summed E-state index contributed by atoms with van der Waals surface area (Å²) in [5.41, 5.74) is 2.45. The monoisotopic (exact) mass is 318 g/mol. The predicted octanol–water partition coefficient (Wildman–Crippen LogP) is 2.14. The SMILES string of the molecule is Cc1cc(OCC(=O)NCCNC(=O)C2CC2)ccc1C(C)C. The van der Waals surface area contributed by atoms with Crippen LogP contribution in [0.3, 0.4) is 0 Å². The summed E-state index contributed by atoms with van der Waals surface area (Å²) in [7, 11) is 0. The molecule has 23 heavy (non-hydrogen) atoms. The van der Waals surface area contributed by atoms with Crippen LogP contribution < -0.4 is 15.4 Å². The second-order valence-electron chi connectivity index (χ2n) is 6.38. The third kappa shape index (κ3) is 5.58. The summed E-state index contributed by atoms with van der Waals surface area (Å²) in [4.78, 5) is 23.1. The van der Waals surface area contributed by atoms with Crippen molar-refractivity contribution in [1.29, 1.82) is 0 Å². The molecule has 0 atom stereocenters. The predicted molar refractivity (Wildman–Crippen MR) is 89.5 cm³/mol. The van der Waals surface area contributed by atoms with Crippen LogP contribution in [0.15, 0.2) is 18.2 Å². The van der Waals surface area contributed by atoms with Gasteiger partial charge in [-0.1, -0.05) is 19.9 Å². The molecule has 1 saturated carbocycles. The van der Waals surface area contributed by atoms with E-state index in [1.54, 1.807) is 0 Å². The van der Waals surface area contributed by atoms with Gasteiger partial charge in [-0.3, -0.25) is 9.59 Å². The number of ether oxygens (including phenoxy) is 1. The van der Waals surface area contributed by atoms with E-state index in [-0.39, 0.29) is 24.3 Å². The lowest BCUT2D eigenvalue weighted by Gasteiger charge is -2.12. The van der Waals surface area contributed by atoms with Crippen molar-refractivity contribution < 1.29 is 14.3 Å². The first kappa shape index (κ1) is 17.3. The first-order valence-electron chi connectivity index (χ1n) is 8.25. The molecule has 5 heteroatoms. The normalized spacial score (nSPS) is 13.7. The molecule has 0 spiro atoms. The molecule has 2 rings (SSSR count). The van der Waals surface area contributed by atoms with Crippen LogP contribution in [0.25, 0.3) is 0 Å². The molecular formula is C18H26N2O3. The molecule has 1 aliphatic carbocycles. The molecule has 0 aromatic heterocycles. The van der Waals surface area contributed by atoms with Crippen molar-refractivity contribution in [2.45, 2.75) is 39.5 Å². The maximum absolute atomic E-state index is 11.7. The van der Waals surface area contributed by atoms with Gasteiger partial charge in [0.15, 0.2) is 6.61 Å². The van der Waals surface area contributed by atoms with Gasteiger partial charge in [-0.2, -0.15) is 0 Å². The highest BCUT2D eigenvalue weighted by Gasteiger charge is 2.28. The van der Waals surface area contributed by atoms with Crippen LogP contribution in [0.1, 0.15) is 43.7 Å². The zero-order chi connectivity index (χ0) is 16.8. The summed E-state index contributed by atoms with van der Waals surface area (Å²) in [6.07, 6.45) is 1.97. The van der Waals surface area contributed by atoms with Crippen LogP contribution in [0.4, 0.5) is 0 Å². The number of carbonyl (C=O) groups excluding carboxylic acids is 2. The van der Waals surface area contributed by atoms with E-state index in [0.717, 1.165) is 12.8 Å². The number of amides is 2. The van der Waals surface area contributed by atoms with Crippen molar-refractivity contribution in [3.63, 3.8) is 0 Å². The Morgan fingerprint density at radius 3 is 2.52 bits per heavy atom. The fraction of sp³-hybridized carbons (Fsp3) is 0.556. The molecule has 126 valence electrons.